The lowest BCUT2D eigenvalue weighted by molar-refractivity contribution is 0.0214. The van der Waals surface area contributed by atoms with Gasteiger partial charge >= 0.3 is 0 Å². The molecule has 0 bridgehead atoms. The zero-order chi connectivity index (χ0) is 7.72. The zero-order valence-corrected chi connectivity index (χ0v) is 5.86. The third-order valence-electron chi connectivity index (χ3n) is 1.95. The Kier molecular flexibility index (Phi) is 2.25. The van der Waals surface area contributed by atoms with Gasteiger partial charge in [0.25, 0.3) is 0 Å². The first kappa shape index (κ1) is 7.94. The van der Waals surface area contributed by atoms with Gasteiger partial charge in [-0.25, -0.2) is 0 Å². The van der Waals surface area contributed by atoms with Gasteiger partial charge < -0.3 is 20.6 Å². The molecule has 4 heteroatoms. The van der Waals surface area contributed by atoms with E-state index in [1.165, 1.54) is 0 Å². The van der Waals surface area contributed by atoms with Crippen LogP contribution in [-0.2, 0) is 0 Å². The van der Waals surface area contributed by atoms with Gasteiger partial charge in [0, 0.05) is 6.04 Å². The molecule has 1 saturated heterocycles. The molecule has 1 aliphatic heterocycles. The Hall–Kier alpha value is -0.160. The van der Waals surface area contributed by atoms with Crippen molar-refractivity contribution in [2.75, 3.05) is 6.61 Å². The van der Waals surface area contributed by atoms with Gasteiger partial charge in [0.05, 0.1) is 24.9 Å². The molecular weight excluding hydrogens is 134 g/mol. The number of nitrogens with one attached hydrogen (secondary N) is 1. The quantitative estimate of drug-likeness (QED) is 0.348. The van der Waals surface area contributed by atoms with E-state index in [4.69, 9.17) is 15.3 Å². The molecule has 1 fully saturated rings. The number of aliphatic hydroxyl groups is 3. The van der Waals surface area contributed by atoms with Gasteiger partial charge in [0.2, 0.25) is 0 Å². The van der Waals surface area contributed by atoms with Crippen LogP contribution >= 0.6 is 0 Å². The summed E-state index contributed by atoms with van der Waals surface area (Å²) in [6.45, 7) is 1.63. The highest BCUT2D eigenvalue weighted by Crippen LogP contribution is 2.12. The van der Waals surface area contributed by atoms with Gasteiger partial charge in [0.15, 0.2) is 0 Å². The normalized spacial score (nSPS) is 48.0. The fraction of sp³-hybridized carbons (Fsp3) is 1.00. The Morgan fingerprint density at radius 3 is 2.10 bits per heavy atom. The predicted octanol–water partition coefficient (Wildman–Crippen LogP) is -1.94. The van der Waals surface area contributed by atoms with Crippen molar-refractivity contribution in [1.29, 1.82) is 0 Å². The summed E-state index contributed by atoms with van der Waals surface area (Å²) in [5.41, 5.74) is 0. The van der Waals surface area contributed by atoms with Crippen LogP contribution in [0.1, 0.15) is 6.92 Å². The third-order valence-corrected chi connectivity index (χ3v) is 1.95. The fourth-order valence-electron chi connectivity index (χ4n) is 1.23. The van der Waals surface area contributed by atoms with Crippen LogP contribution < -0.4 is 5.32 Å². The van der Waals surface area contributed by atoms with E-state index in [2.05, 4.69) is 5.32 Å². The highest BCUT2D eigenvalue weighted by Gasteiger charge is 2.37. The van der Waals surface area contributed by atoms with Crippen LogP contribution in [-0.4, -0.2) is 46.2 Å². The second-order valence-corrected chi connectivity index (χ2v) is 2.73. The van der Waals surface area contributed by atoms with Crippen LogP contribution in [0.25, 0.3) is 0 Å². The first-order valence-corrected chi connectivity index (χ1v) is 3.40. The molecule has 0 aromatic carbocycles. The lowest BCUT2D eigenvalue weighted by Crippen LogP contribution is -2.36. The SMILES string of the molecule is C[C@@H]1N[C@H](CO)[C@H](O)[C@@H]1O. The van der Waals surface area contributed by atoms with Gasteiger partial charge in [0.1, 0.15) is 0 Å². The fourth-order valence-corrected chi connectivity index (χ4v) is 1.23. The standard InChI is InChI=1S/C6H13NO3/c1-3-5(9)6(10)4(2-8)7-3/h3-10H,2H2,1H3/t3-,4+,5+,6-/m0/s1. The molecule has 0 aliphatic carbocycles. The first-order valence-electron chi connectivity index (χ1n) is 3.40. The second-order valence-electron chi connectivity index (χ2n) is 2.73. The summed E-state index contributed by atoms with van der Waals surface area (Å²) in [6.07, 6.45) is -1.59. The minimum atomic E-state index is -0.833. The van der Waals surface area contributed by atoms with Crippen molar-refractivity contribution in [3.63, 3.8) is 0 Å². The minimum absolute atomic E-state index is 0.132. The highest BCUT2D eigenvalue weighted by atomic mass is 16.3. The number of rotatable bonds is 1. The number of aliphatic hydroxyl groups excluding tert-OH is 3. The minimum Gasteiger partial charge on any atom is -0.395 e. The molecule has 0 spiro atoms. The molecule has 60 valence electrons. The summed E-state index contributed by atoms with van der Waals surface area (Å²) < 4.78 is 0. The van der Waals surface area contributed by atoms with Crippen molar-refractivity contribution in [1.82, 2.24) is 5.32 Å². The topological polar surface area (TPSA) is 72.7 Å². The maximum Gasteiger partial charge on any atom is 0.0989 e. The maximum atomic E-state index is 9.16. The largest absolute Gasteiger partial charge is 0.395 e. The van der Waals surface area contributed by atoms with Crippen molar-refractivity contribution in [3.05, 3.63) is 0 Å². The van der Waals surface area contributed by atoms with Crippen LogP contribution in [0.3, 0.4) is 0 Å². The summed E-state index contributed by atoms with van der Waals surface area (Å²) in [7, 11) is 0. The molecular formula is C6H13NO3. The molecule has 0 amide bonds. The molecule has 0 aromatic heterocycles. The van der Waals surface area contributed by atoms with Crippen LogP contribution in [0, 0.1) is 0 Å². The van der Waals surface area contributed by atoms with E-state index in [9.17, 15) is 0 Å². The highest BCUT2D eigenvalue weighted by molar-refractivity contribution is 4.95. The third kappa shape index (κ3) is 1.15. The summed E-state index contributed by atoms with van der Waals surface area (Å²) in [5, 5.41) is 29.8. The van der Waals surface area contributed by atoms with E-state index < -0.39 is 12.2 Å². The molecule has 1 aliphatic rings. The van der Waals surface area contributed by atoms with Crippen LogP contribution in [0.2, 0.25) is 0 Å². The summed E-state index contributed by atoms with van der Waals surface area (Å²) in [6, 6.07) is -0.503. The molecule has 4 nitrogen and oxygen atoms in total. The Morgan fingerprint density at radius 2 is 1.90 bits per heavy atom. The first-order chi connectivity index (χ1) is 4.66. The lowest BCUT2D eigenvalue weighted by Gasteiger charge is -2.11. The van der Waals surface area contributed by atoms with Crippen molar-refractivity contribution in [2.24, 2.45) is 0 Å². The monoisotopic (exact) mass is 147 g/mol. The molecule has 0 aromatic rings. The lowest BCUT2D eigenvalue weighted by atomic mass is 10.1. The number of hydrogen-bond donors (Lipinski definition) is 4. The van der Waals surface area contributed by atoms with Crippen molar-refractivity contribution in [3.8, 4) is 0 Å². The van der Waals surface area contributed by atoms with Gasteiger partial charge in [-0.3, -0.25) is 0 Å². The molecule has 10 heavy (non-hydrogen) atoms. The molecule has 0 radical (unpaired) electrons. The average Bonchev–Trinajstić information content (AvgIpc) is 2.17. The van der Waals surface area contributed by atoms with Crippen molar-refractivity contribution >= 4 is 0 Å². The molecule has 0 saturated carbocycles. The second kappa shape index (κ2) is 2.84. The summed E-state index contributed by atoms with van der Waals surface area (Å²) in [4.78, 5) is 0. The Balaban J connectivity index is 2.53. The van der Waals surface area contributed by atoms with Crippen molar-refractivity contribution < 1.29 is 15.3 Å². The molecule has 1 heterocycles. The van der Waals surface area contributed by atoms with Crippen LogP contribution in [0.5, 0.6) is 0 Å². The zero-order valence-electron chi connectivity index (χ0n) is 5.86. The molecule has 0 unspecified atom stereocenters. The molecule has 4 N–H and O–H groups in total. The predicted molar refractivity (Wildman–Crippen MR) is 35.5 cm³/mol. The molecule has 4 atom stereocenters. The average molecular weight is 147 g/mol. The van der Waals surface area contributed by atoms with Gasteiger partial charge in [-0.2, -0.15) is 0 Å². The molecule has 1 rings (SSSR count). The van der Waals surface area contributed by atoms with Crippen molar-refractivity contribution in [2.45, 2.75) is 31.2 Å². The Bertz CT molecular complexity index is 120. The van der Waals surface area contributed by atoms with Gasteiger partial charge in [-0.05, 0) is 6.92 Å². The van der Waals surface area contributed by atoms with Gasteiger partial charge in [-0.15, -0.1) is 0 Å². The van der Waals surface area contributed by atoms with Gasteiger partial charge in [-0.1, -0.05) is 0 Å². The van der Waals surface area contributed by atoms with Crippen LogP contribution in [0.15, 0.2) is 0 Å². The van der Waals surface area contributed by atoms with E-state index in [0.717, 1.165) is 0 Å². The van der Waals surface area contributed by atoms with E-state index in [-0.39, 0.29) is 18.7 Å². The summed E-state index contributed by atoms with van der Waals surface area (Å²) >= 11 is 0. The number of hydrogen-bond acceptors (Lipinski definition) is 4. The van der Waals surface area contributed by atoms with E-state index in [1.807, 2.05) is 0 Å². The summed E-state index contributed by atoms with van der Waals surface area (Å²) in [5.74, 6) is 0. The van der Waals surface area contributed by atoms with E-state index >= 15 is 0 Å². The van der Waals surface area contributed by atoms with Crippen LogP contribution in [0.4, 0.5) is 0 Å². The van der Waals surface area contributed by atoms with E-state index in [1.54, 1.807) is 6.92 Å². The maximum absolute atomic E-state index is 9.16. The Labute approximate surface area is 59.5 Å². The smallest absolute Gasteiger partial charge is 0.0989 e. The van der Waals surface area contributed by atoms with E-state index in [0.29, 0.717) is 0 Å². The Morgan fingerprint density at radius 1 is 1.30 bits per heavy atom.